The van der Waals surface area contributed by atoms with Crippen molar-refractivity contribution in [2.24, 2.45) is 9.98 Å². The van der Waals surface area contributed by atoms with Crippen LogP contribution < -0.4 is 0 Å². The van der Waals surface area contributed by atoms with Crippen LogP contribution >= 0.6 is 0 Å². The van der Waals surface area contributed by atoms with E-state index >= 15 is 0 Å². The second-order valence-corrected chi connectivity index (χ2v) is 3.44. The Kier molecular flexibility index (Phi) is 7.24. The normalized spacial score (nSPS) is 10.9. The van der Waals surface area contributed by atoms with Gasteiger partial charge in [-0.1, -0.05) is 0 Å². The number of aliphatic imine (C=N–C) groups is 2. The van der Waals surface area contributed by atoms with Crippen LogP contribution in [-0.4, -0.2) is 60.8 Å². The van der Waals surface area contributed by atoms with Crippen molar-refractivity contribution in [1.29, 1.82) is 0 Å². The van der Waals surface area contributed by atoms with Gasteiger partial charge in [0.1, 0.15) is 0 Å². The van der Waals surface area contributed by atoms with Crippen LogP contribution in [0.15, 0.2) is 9.98 Å². The zero-order chi connectivity index (χ0) is 10.9. The first-order valence-corrected chi connectivity index (χ1v) is 4.82. The summed E-state index contributed by atoms with van der Waals surface area (Å²) in [6.45, 7) is 3.85. The van der Waals surface area contributed by atoms with Gasteiger partial charge in [0.05, 0.1) is 26.1 Å². The first-order valence-electron chi connectivity index (χ1n) is 4.82. The summed E-state index contributed by atoms with van der Waals surface area (Å²) in [5.74, 6) is 0. The Bertz CT molecular complexity index is 196. The molecule has 14 heavy (non-hydrogen) atoms. The standard InChI is InChI=1S/C9H20N3O2/c1-3-10-7-11-5-4-6-12(2,8-13)9-14/h13-14H,3-6,8-9H2,1-2H3/q+1. The molecule has 0 spiro atoms. The fourth-order valence-corrected chi connectivity index (χ4v) is 0.888. The minimum Gasteiger partial charge on any atom is -0.347 e. The second kappa shape index (κ2) is 7.64. The Hall–Kier alpha value is -0.740. The lowest BCUT2D eigenvalue weighted by molar-refractivity contribution is -0.944. The predicted molar refractivity (Wildman–Crippen MR) is 55.1 cm³/mol. The van der Waals surface area contributed by atoms with Crippen LogP contribution in [0.3, 0.4) is 0 Å². The van der Waals surface area contributed by atoms with Crippen LogP contribution in [0.1, 0.15) is 13.3 Å². The van der Waals surface area contributed by atoms with E-state index in [1.54, 1.807) is 7.05 Å². The van der Waals surface area contributed by atoms with E-state index in [4.69, 9.17) is 10.2 Å². The molecule has 5 nitrogen and oxygen atoms in total. The van der Waals surface area contributed by atoms with Crippen molar-refractivity contribution in [3.05, 3.63) is 0 Å². The summed E-state index contributed by atoms with van der Waals surface area (Å²) in [4.78, 5) is 7.77. The van der Waals surface area contributed by atoms with E-state index in [-0.39, 0.29) is 17.9 Å². The van der Waals surface area contributed by atoms with Crippen molar-refractivity contribution in [3.8, 4) is 0 Å². The molecular formula is C9H20N3O2+. The molecule has 0 aliphatic carbocycles. The van der Waals surface area contributed by atoms with E-state index in [2.05, 4.69) is 16.0 Å². The maximum atomic E-state index is 8.97. The van der Waals surface area contributed by atoms with Gasteiger partial charge < -0.3 is 10.2 Å². The van der Waals surface area contributed by atoms with Gasteiger partial charge in [-0.25, -0.2) is 9.98 Å². The molecule has 0 radical (unpaired) electrons. The summed E-state index contributed by atoms with van der Waals surface area (Å²) >= 11 is 0. The molecule has 0 fully saturated rings. The minimum atomic E-state index is -0.0523. The Morgan fingerprint density at radius 3 is 2.36 bits per heavy atom. The van der Waals surface area contributed by atoms with Gasteiger partial charge in [-0.2, -0.15) is 0 Å². The number of nitrogens with zero attached hydrogens (tertiary/aromatic N) is 3. The van der Waals surface area contributed by atoms with Crippen LogP contribution in [0, 0.1) is 0 Å². The third-order valence-corrected chi connectivity index (χ3v) is 1.95. The van der Waals surface area contributed by atoms with E-state index in [0.29, 0.717) is 19.6 Å². The highest BCUT2D eigenvalue weighted by Crippen LogP contribution is 2.00. The van der Waals surface area contributed by atoms with Gasteiger partial charge in [-0.3, -0.25) is 4.48 Å². The highest BCUT2D eigenvalue weighted by molar-refractivity contribution is 5.40. The number of quaternary nitrogens is 1. The summed E-state index contributed by atoms with van der Waals surface area (Å²) in [5.41, 5.74) is 0. The predicted octanol–water partition coefficient (Wildman–Crippen LogP) is -0.0835. The minimum absolute atomic E-state index is 0.0523. The van der Waals surface area contributed by atoms with Crippen LogP contribution in [0.5, 0.6) is 0 Å². The molecule has 0 aliphatic heterocycles. The van der Waals surface area contributed by atoms with Gasteiger partial charge >= 0.3 is 0 Å². The van der Waals surface area contributed by atoms with Crippen LogP contribution in [0.2, 0.25) is 0 Å². The van der Waals surface area contributed by atoms with Crippen molar-refractivity contribution < 1.29 is 14.7 Å². The van der Waals surface area contributed by atoms with Crippen LogP contribution in [-0.2, 0) is 0 Å². The number of hydrogen-bond donors (Lipinski definition) is 2. The number of aliphatic hydroxyl groups is 2. The third-order valence-electron chi connectivity index (χ3n) is 1.95. The summed E-state index contributed by atoms with van der Waals surface area (Å²) < 4.78 is 0.250. The summed E-state index contributed by atoms with van der Waals surface area (Å²) in [7, 11) is 1.80. The van der Waals surface area contributed by atoms with Crippen LogP contribution in [0.4, 0.5) is 0 Å². The first kappa shape index (κ1) is 13.3. The summed E-state index contributed by atoms with van der Waals surface area (Å²) in [6.07, 6.45) is 0.809. The lowest BCUT2D eigenvalue weighted by atomic mass is 10.3. The topological polar surface area (TPSA) is 65.2 Å². The smallest absolute Gasteiger partial charge is 0.181 e. The molecular weight excluding hydrogens is 182 g/mol. The summed E-state index contributed by atoms with van der Waals surface area (Å²) in [5, 5.41) is 17.9. The largest absolute Gasteiger partial charge is 0.347 e. The highest BCUT2D eigenvalue weighted by Gasteiger charge is 2.17. The molecule has 0 rings (SSSR count). The van der Waals surface area contributed by atoms with Gasteiger partial charge in [-0.15, -0.1) is 0 Å². The SMILES string of the molecule is CCN=C=NCCC[N+](C)(CO)CO. The molecule has 0 aromatic carbocycles. The number of rotatable bonds is 7. The molecule has 82 valence electrons. The van der Waals surface area contributed by atoms with Crippen LogP contribution in [0.25, 0.3) is 0 Å². The van der Waals surface area contributed by atoms with Crippen molar-refractivity contribution >= 4 is 6.01 Å². The maximum absolute atomic E-state index is 8.97. The lowest BCUT2D eigenvalue weighted by Gasteiger charge is -2.29. The zero-order valence-corrected chi connectivity index (χ0v) is 8.98. The van der Waals surface area contributed by atoms with Crippen molar-refractivity contribution in [2.45, 2.75) is 13.3 Å². The van der Waals surface area contributed by atoms with Gasteiger partial charge in [0, 0.05) is 13.0 Å². The second-order valence-electron chi connectivity index (χ2n) is 3.44. The molecule has 0 amide bonds. The Balaban J connectivity index is 3.67. The molecule has 0 bridgehead atoms. The average molecular weight is 202 g/mol. The lowest BCUT2D eigenvalue weighted by Crippen LogP contribution is -2.46. The molecule has 0 aromatic rings. The molecule has 0 unspecified atom stereocenters. The Labute approximate surface area is 85.0 Å². The van der Waals surface area contributed by atoms with E-state index in [9.17, 15) is 0 Å². The van der Waals surface area contributed by atoms with Crippen molar-refractivity contribution in [3.63, 3.8) is 0 Å². The van der Waals surface area contributed by atoms with E-state index in [1.807, 2.05) is 6.92 Å². The molecule has 0 aromatic heterocycles. The van der Waals surface area contributed by atoms with E-state index in [0.717, 1.165) is 6.42 Å². The fourth-order valence-electron chi connectivity index (χ4n) is 0.888. The summed E-state index contributed by atoms with van der Waals surface area (Å²) in [6, 6.07) is 2.58. The molecule has 0 aliphatic rings. The fraction of sp³-hybridized carbons (Fsp3) is 0.889. The number of hydrogen-bond acceptors (Lipinski definition) is 4. The average Bonchev–Trinajstić information content (AvgIpc) is 2.23. The molecule has 0 heterocycles. The Morgan fingerprint density at radius 1 is 1.21 bits per heavy atom. The number of aliphatic hydroxyl groups excluding tert-OH is 2. The van der Waals surface area contributed by atoms with Gasteiger partial charge in [0.15, 0.2) is 13.5 Å². The molecule has 0 atom stereocenters. The van der Waals surface area contributed by atoms with Gasteiger partial charge in [-0.05, 0) is 6.92 Å². The zero-order valence-electron chi connectivity index (χ0n) is 8.98. The quantitative estimate of drug-likeness (QED) is 0.262. The van der Waals surface area contributed by atoms with Gasteiger partial charge in [0.25, 0.3) is 0 Å². The molecule has 0 saturated carbocycles. The van der Waals surface area contributed by atoms with Crippen molar-refractivity contribution in [1.82, 2.24) is 0 Å². The molecule has 2 N–H and O–H groups in total. The van der Waals surface area contributed by atoms with E-state index in [1.165, 1.54) is 0 Å². The third kappa shape index (κ3) is 5.83. The maximum Gasteiger partial charge on any atom is 0.181 e. The van der Waals surface area contributed by atoms with Gasteiger partial charge in [0.2, 0.25) is 0 Å². The molecule has 5 heteroatoms. The Morgan fingerprint density at radius 2 is 1.86 bits per heavy atom. The first-order chi connectivity index (χ1) is 6.68. The molecule has 0 saturated heterocycles. The highest BCUT2D eigenvalue weighted by atomic mass is 16.3. The monoisotopic (exact) mass is 202 g/mol. The van der Waals surface area contributed by atoms with Crippen molar-refractivity contribution in [2.75, 3.05) is 40.1 Å². The van der Waals surface area contributed by atoms with E-state index < -0.39 is 0 Å².